The van der Waals surface area contributed by atoms with E-state index < -0.39 is 0 Å². The van der Waals surface area contributed by atoms with E-state index in [1.54, 1.807) is 0 Å². The first-order valence-electron chi connectivity index (χ1n) is 5.94. The molecule has 1 aromatic rings. The SMILES string of the molecule is Cc1nc(SCC(=O)N2CCC(C)CC2)n[nH]1. The number of carbonyl (C=O) groups excluding carboxylic acids is 1. The highest BCUT2D eigenvalue weighted by atomic mass is 32.2. The molecule has 1 amide bonds. The highest BCUT2D eigenvalue weighted by Crippen LogP contribution is 2.18. The third-order valence-electron chi connectivity index (χ3n) is 3.04. The van der Waals surface area contributed by atoms with Crippen molar-refractivity contribution in [1.29, 1.82) is 0 Å². The molecule has 0 aromatic carbocycles. The number of thioether (sulfide) groups is 1. The summed E-state index contributed by atoms with van der Waals surface area (Å²) in [7, 11) is 0. The van der Waals surface area contributed by atoms with Gasteiger partial charge in [-0.05, 0) is 25.7 Å². The van der Waals surface area contributed by atoms with Crippen molar-refractivity contribution in [2.45, 2.75) is 31.8 Å². The third kappa shape index (κ3) is 3.46. The van der Waals surface area contributed by atoms with E-state index in [2.05, 4.69) is 22.1 Å². The van der Waals surface area contributed by atoms with E-state index in [0.717, 1.165) is 37.7 Å². The van der Waals surface area contributed by atoms with Gasteiger partial charge in [0, 0.05) is 13.1 Å². The van der Waals surface area contributed by atoms with Crippen molar-refractivity contribution in [1.82, 2.24) is 20.1 Å². The van der Waals surface area contributed by atoms with Gasteiger partial charge in [-0.15, -0.1) is 5.10 Å². The second-order valence-corrected chi connectivity index (χ2v) is 5.50. The number of aromatic amines is 1. The summed E-state index contributed by atoms with van der Waals surface area (Å²) in [6, 6.07) is 0. The van der Waals surface area contributed by atoms with Gasteiger partial charge in [0.15, 0.2) is 0 Å². The fourth-order valence-electron chi connectivity index (χ4n) is 1.86. The highest BCUT2D eigenvalue weighted by Gasteiger charge is 2.20. The smallest absolute Gasteiger partial charge is 0.233 e. The fourth-order valence-corrected chi connectivity index (χ4v) is 2.61. The summed E-state index contributed by atoms with van der Waals surface area (Å²) in [6.07, 6.45) is 2.24. The van der Waals surface area contributed by atoms with Crippen LogP contribution in [0.1, 0.15) is 25.6 Å². The Morgan fingerprint density at radius 1 is 1.53 bits per heavy atom. The van der Waals surface area contributed by atoms with Crippen LogP contribution >= 0.6 is 11.8 Å². The average molecular weight is 254 g/mol. The Kier molecular flexibility index (Phi) is 4.04. The molecule has 1 aliphatic heterocycles. The number of aryl methyl sites for hydroxylation is 1. The minimum atomic E-state index is 0.198. The van der Waals surface area contributed by atoms with Crippen molar-refractivity contribution < 1.29 is 4.79 Å². The Hall–Kier alpha value is -1.04. The van der Waals surface area contributed by atoms with Crippen LogP contribution < -0.4 is 0 Å². The number of piperidine rings is 1. The number of nitrogens with zero attached hydrogens (tertiary/aromatic N) is 3. The minimum Gasteiger partial charge on any atom is -0.342 e. The molecule has 6 heteroatoms. The van der Waals surface area contributed by atoms with E-state index in [1.807, 2.05) is 11.8 Å². The monoisotopic (exact) mass is 254 g/mol. The van der Waals surface area contributed by atoms with E-state index in [-0.39, 0.29) is 5.91 Å². The van der Waals surface area contributed by atoms with Crippen LogP contribution in [0, 0.1) is 12.8 Å². The number of rotatable bonds is 3. The van der Waals surface area contributed by atoms with Crippen LogP contribution in [-0.4, -0.2) is 44.8 Å². The highest BCUT2D eigenvalue weighted by molar-refractivity contribution is 7.99. The molecular weight excluding hydrogens is 236 g/mol. The van der Waals surface area contributed by atoms with Gasteiger partial charge in [-0.1, -0.05) is 18.7 Å². The second kappa shape index (κ2) is 5.53. The van der Waals surface area contributed by atoms with Gasteiger partial charge in [0.2, 0.25) is 11.1 Å². The minimum absolute atomic E-state index is 0.198. The number of amides is 1. The molecule has 94 valence electrons. The summed E-state index contributed by atoms with van der Waals surface area (Å²) in [6.45, 7) is 5.89. The average Bonchev–Trinajstić information content (AvgIpc) is 2.73. The lowest BCUT2D eigenvalue weighted by Crippen LogP contribution is -2.38. The van der Waals surface area contributed by atoms with Crippen molar-refractivity contribution in [3.8, 4) is 0 Å². The molecule has 5 nitrogen and oxygen atoms in total. The molecule has 0 atom stereocenters. The van der Waals surface area contributed by atoms with Crippen molar-refractivity contribution in [3.63, 3.8) is 0 Å². The first-order chi connectivity index (χ1) is 8.15. The molecule has 1 N–H and O–H groups in total. The molecule has 1 aliphatic rings. The molecule has 2 rings (SSSR count). The number of nitrogens with one attached hydrogen (secondary N) is 1. The molecule has 0 unspecified atom stereocenters. The van der Waals surface area contributed by atoms with Gasteiger partial charge < -0.3 is 4.90 Å². The zero-order valence-electron chi connectivity index (χ0n) is 10.3. The molecule has 1 fully saturated rings. The zero-order valence-corrected chi connectivity index (χ0v) is 11.1. The molecular formula is C11H18N4OS. The van der Waals surface area contributed by atoms with E-state index in [0.29, 0.717) is 10.9 Å². The lowest BCUT2D eigenvalue weighted by Gasteiger charge is -2.30. The van der Waals surface area contributed by atoms with Crippen LogP contribution in [0.25, 0.3) is 0 Å². The molecule has 1 aromatic heterocycles. The van der Waals surface area contributed by atoms with Crippen LogP contribution in [0.4, 0.5) is 0 Å². The Morgan fingerprint density at radius 3 is 2.82 bits per heavy atom. The normalized spacial score (nSPS) is 17.4. The molecule has 0 aliphatic carbocycles. The lowest BCUT2D eigenvalue weighted by molar-refractivity contribution is -0.129. The molecule has 0 bridgehead atoms. The number of carbonyl (C=O) groups is 1. The number of aromatic nitrogens is 3. The van der Waals surface area contributed by atoms with E-state index in [4.69, 9.17) is 0 Å². The van der Waals surface area contributed by atoms with Gasteiger partial charge in [0.05, 0.1) is 5.75 Å². The topological polar surface area (TPSA) is 61.9 Å². The zero-order chi connectivity index (χ0) is 12.3. The predicted octanol–water partition coefficient (Wildman–Crippen LogP) is 1.46. The third-order valence-corrected chi connectivity index (χ3v) is 3.87. The first-order valence-corrected chi connectivity index (χ1v) is 6.93. The summed E-state index contributed by atoms with van der Waals surface area (Å²) in [4.78, 5) is 18.0. The number of hydrogen-bond donors (Lipinski definition) is 1. The number of hydrogen-bond acceptors (Lipinski definition) is 4. The van der Waals surface area contributed by atoms with Crippen molar-refractivity contribution in [3.05, 3.63) is 5.82 Å². The van der Waals surface area contributed by atoms with Gasteiger partial charge >= 0.3 is 0 Å². The lowest BCUT2D eigenvalue weighted by atomic mass is 9.99. The molecule has 0 spiro atoms. The van der Waals surface area contributed by atoms with Crippen molar-refractivity contribution in [2.75, 3.05) is 18.8 Å². The van der Waals surface area contributed by atoms with Crippen molar-refractivity contribution in [2.24, 2.45) is 5.92 Å². The summed E-state index contributed by atoms with van der Waals surface area (Å²) in [5.41, 5.74) is 0. The van der Waals surface area contributed by atoms with Gasteiger partial charge in [-0.2, -0.15) is 0 Å². The summed E-state index contributed by atoms with van der Waals surface area (Å²) in [5.74, 6) is 2.17. The van der Waals surface area contributed by atoms with Crippen molar-refractivity contribution >= 4 is 17.7 Å². The van der Waals surface area contributed by atoms with E-state index in [9.17, 15) is 4.79 Å². The van der Waals surface area contributed by atoms with Gasteiger partial charge in [-0.25, -0.2) is 4.98 Å². The molecule has 17 heavy (non-hydrogen) atoms. The first kappa shape index (κ1) is 12.4. The summed E-state index contributed by atoms with van der Waals surface area (Å²) < 4.78 is 0. The number of H-pyrrole nitrogens is 1. The van der Waals surface area contributed by atoms with E-state index >= 15 is 0 Å². The molecule has 1 saturated heterocycles. The quantitative estimate of drug-likeness (QED) is 0.830. The Bertz CT molecular complexity index is 385. The van der Waals surface area contributed by atoms with Crippen LogP contribution in [0.3, 0.4) is 0 Å². The van der Waals surface area contributed by atoms with Gasteiger partial charge in [-0.3, -0.25) is 9.89 Å². The van der Waals surface area contributed by atoms with E-state index in [1.165, 1.54) is 11.8 Å². The van der Waals surface area contributed by atoms with Crippen LogP contribution in [0.5, 0.6) is 0 Å². The van der Waals surface area contributed by atoms with Crippen LogP contribution in [0.15, 0.2) is 5.16 Å². The maximum absolute atomic E-state index is 11.9. The predicted molar refractivity (Wildman–Crippen MR) is 66.8 cm³/mol. The van der Waals surface area contributed by atoms with Crippen LogP contribution in [-0.2, 0) is 4.79 Å². The maximum Gasteiger partial charge on any atom is 0.233 e. The largest absolute Gasteiger partial charge is 0.342 e. The molecule has 0 saturated carbocycles. The second-order valence-electron chi connectivity index (χ2n) is 4.56. The van der Waals surface area contributed by atoms with Gasteiger partial charge in [0.25, 0.3) is 0 Å². The number of likely N-dealkylation sites (tertiary alicyclic amines) is 1. The molecule has 2 heterocycles. The summed E-state index contributed by atoms with van der Waals surface area (Å²) >= 11 is 1.40. The maximum atomic E-state index is 11.9. The van der Waals surface area contributed by atoms with Gasteiger partial charge in [0.1, 0.15) is 5.82 Å². The molecule has 0 radical (unpaired) electrons. The Labute approximate surface area is 105 Å². The summed E-state index contributed by atoms with van der Waals surface area (Å²) in [5, 5.41) is 7.43. The Morgan fingerprint density at radius 2 is 2.24 bits per heavy atom. The standard InChI is InChI=1S/C11H18N4OS/c1-8-3-5-15(6-4-8)10(16)7-17-11-12-9(2)13-14-11/h8H,3-7H2,1-2H3,(H,12,13,14). The van der Waals surface area contributed by atoms with Crippen LogP contribution in [0.2, 0.25) is 0 Å². The Balaban J connectivity index is 1.77. The fraction of sp³-hybridized carbons (Fsp3) is 0.727.